The Morgan fingerprint density at radius 1 is 1.17 bits per heavy atom. The van der Waals surface area contributed by atoms with Crippen LogP contribution in [0.5, 0.6) is 0 Å². The Balaban J connectivity index is 2.16. The van der Waals surface area contributed by atoms with Gasteiger partial charge < -0.3 is 4.43 Å². The summed E-state index contributed by atoms with van der Waals surface area (Å²) in [5.74, 6) is 2.00. The monoisotopic (exact) mass is 335 g/mol. The van der Waals surface area contributed by atoms with Gasteiger partial charge in [-0.15, -0.1) is 0 Å². The highest BCUT2D eigenvalue weighted by Gasteiger charge is 2.53. The predicted octanol–water partition coefficient (Wildman–Crippen LogP) is 6.14. The maximum Gasteiger partial charge on any atom is 0.192 e. The molecule has 0 aliphatic heterocycles. The molecule has 2 saturated carbocycles. The van der Waals surface area contributed by atoms with Gasteiger partial charge >= 0.3 is 0 Å². The van der Waals surface area contributed by atoms with E-state index in [9.17, 15) is 0 Å². The average molecular weight is 336 g/mol. The Morgan fingerprint density at radius 3 is 2.39 bits per heavy atom. The topological polar surface area (TPSA) is 33.0 Å². The smallest absolute Gasteiger partial charge is 0.192 e. The van der Waals surface area contributed by atoms with Crippen LogP contribution in [0.2, 0.25) is 18.1 Å². The number of hydrogen-bond donors (Lipinski definition) is 0. The summed E-state index contributed by atoms with van der Waals surface area (Å²) < 4.78 is 6.97. The molecule has 2 rings (SSSR count). The highest BCUT2D eigenvalue weighted by Crippen LogP contribution is 2.59. The van der Waals surface area contributed by atoms with Crippen LogP contribution in [0.25, 0.3) is 0 Å². The van der Waals surface area contributed by atoms with Gasteiger partial charge in [0.05, 0.1) is 6.07 Å². The van der Waals surface area contributed by atoms with Crippen molar-refractivity contribution >= 4 is 8.32 Å². The van der Waals surface area contributed by atoms with Crippen LogP contribution in [0.3, 0.4) is 0 Å². The summed E-state index contributed by atoms with van der Waals surface area (Å²) in [5, 5.41) is 9.11. The number of nitrogens with zero attached hydrogens (tertiary/aromatic N) is 1. The molecule has 0 bridgehead atoms. The Labute approximate surface area is 145 Å². The van der Waals surface area contributed by atoms with Gasteiger partial charge in [-0.2, -0.15) is 5.26 Å². The predicted molar refractivity (Wildman–Crippen MR) is 99.6 cm³/mol. The normalized spacial score (nSPS) is 35.6. The Bertz CT molecular complexity index is 420. The minimum Gasteiger partial charge on any atom is -0.414 e. The van der Waals surface area contributed by atoms with Gasteiger partial charge in [-0.3, -0.25) is 0 Å². The van der Waals surface area contributed by atoms with Gasteiger partial charge in [-0.05, 0) is 67.0 Å². The fourth-order valence-electron chi connectivity index (χ4n) is 5.84. The summed E-state index contributed by atoms with van der Waals surface area (Å²) in [6.07, 6.45) is 7.78. The first-order valence-electron chi connectivity index (χ1n) is 10.0. The van der Waals surface area contributed by atoms with Crippen molar-refractivity contribution in [3.05, 3.63) is 0 Å². The lowest BCUT2D eigenvalue weighted by atomic mass is 9.61. The maximum atomic E-state index is 9.11. The fourth-order valence-corrected chi connectivity index (χ4v) is 8.77. The summed E-state index contributed by atoms with van der Waals surface area (Å²) in [6, 6.07) is 6.18. The van der Waals surface area contributed by atoms with Crippen molar-refractivity contribution in [1.82, 2.24) is 0 Å². The van der Waals surface area contributed by atoms with Crippen molar-refractivity contribution in [2.24, 2.45) is 23.2 Å². The molecule has 5 atom stereocenters. The lowest BCUT2D eigenvalue weighted by Gasteiger charge is -2.48. The van der Waals surface area contributed by atoms with Crippen molar-refractivity contribution in [3.8, 4) is 6.07 Å². The molecule has 3 heteroatoms. The van der Waals surface area contributed by atoms with Gasteiger partial charge in [-0.1, -0.05) is 41.0 Å². The molecule has 0 N–H and O–H groups in total. The molecular formula is C20H37NOSi. The summed E-state index contributed by atoms with van der Waals surface area (Å²) in [6.45, 7) is 11.8. The molecule has 0 amide bonds. The van der Waals surface area contributed by atoms with Crippen LogP contribution in [0, 0.1) is 34.5 Å². The largest absolute Gasteiger partial charge is 0.414 e. The third-order valence-electron chi connectivity index (χ3n) is 7.57. The number of hydrogen-bond acceptors (Lipinski definition) is 2. The highest BCUT2D eigenvalue weighted by molar-refractivity contribution is 6.73. The first-order valence-corrected chi connectivity index (χ1v) is 12.5. The molecule has 0 spiro atoms. The van der Waals surface area contributed by atoms with Crippen LogP contribution in [-0.2, 0) is 4.43 Å². The molecule has 0 saturated heterocycles. The molecule has 2 nitrogen and oxygen atoms in total. The van der Waals surface area contributed by atoms with E-state index in [0.29, 0.717) is 17.4 Å². The maximum absolute atomic E-state index is 9.11. The van der Waals surface area contributed by atoms with Gasteiger partial charge in [0.1, 0.15) is 0 Å². The van der Waals surface area contributed by atoms with Crippen LogP contribution in [0.15, 0.2) is 0 Å². The summed E-state index contributed by atoms with van der Waals surface area (Å²) in [7, 11) is -1.51. The molecule has 0 aromatic heterocycles. The van der Waals surface area contributed by atoms with E-state index in [-0.39, 0.29) is 0 Å². The van der Waals surface area contributed by atoms with E-state index >= 15 is 0 Å². The van der Waals surface area contributed by atoms with Crippen molar-refractivity contribution in [2.75, 3.05) is 0 Å². The van der Waals surface area contributed by atoms with Gasteiger partial charge in [-0.25, -0.2) is 0 Å². The van der Waals surface area contributed by atoms with E-state index in [1.807, 2.05) is 0 Å². The third-order valence-corrected chi connectivity index (χ3v) is 12.2. The molecule has 2 aliphatic rings. The van der Waals surface area contributed by atoms with Crippen molar-refractivity contribution in [1.29, 1.82) is 5.26 Å². The summed E-state index contributed by atoms with van der Waals surface area (Å²) >= 11 is 0. The van der Waals surface area contributed by atoms with Crippen LogP contribution in [0.1, 0.15) is 73.1 Å². The second kappa shape index (κ2) is 7.70. The van der Waals surface area contributed by atoms with E-state index in [2.05, 4.69) is 40.7 Å². The minimum absolute atomic E-state index is 0.411. The summed E-state index contributed by atoms with van der Waals surface area (Å²) in [4.78, 5) is 0. The Morgan fingerprint density at radius 2 is 1.83 bits per heavy atom. The zero-order chi connectivity index (χ0) is 17.1. The molecule has 0 aromatic carbocycles. The molecule has 0 radical (unpaired) electrons. The van der Waals surface area contributed by atoms with E-state index in [0.717, 1.165) is 18.3 Å². The Hall–Kier alpha value is -0.333. The molecule has 23 heavy (non-hydrogen) atoms. The van der Waals surface area contributed by atoms with E-state index in [4.69, 9.17) is 9.69 Å². The second-order valence-electron chi connectivity index (χ2n) is 8.43. The second-order valence-corrected chi connectivity index (χ2v) is 13.2. The fraction of sp³-hybridized carbons (Fsp3) is 0.950. The molecule has 1 unspecified atom stereocenters. The van der Waals surface area contributed by atoms with E-state index < -0.39 is 8.32 Å². The standard InChI is InChI=1S/C20H37NOSi/c1-6-23(7-2,8-3)22-19-10-9-14-20(5)17(11-12-18(19)20)16(4)13-15-21/h16-19H,6-14H2,1-5H3/t16?,17-,18+,19+,20-/m1/s1. The number of rotatable bonds is 7. The molecule has 0 aromatic rings. The highest BCUT2D eigenvalue weighted by atomic mass is 28.4. The van der Waals surface area contributed by atoms with Gasteiger partial charge in [0.2, 0.25) is 0 Å². The number of fused-ring (bicyclic) bond motifs is 1. The first kappa shape index (κ1) is 19.0. The van der Waals surface area contributed by atoms with Crippen LogP contribution < -0.4 is 0 Å². The van der Waals surface area contributed by atoms with Crippen LogP contribution >= 0.6 is 0 Å². The molecular weight excluding hydrogens is 298 g/mol. The van der Waals surface area contributed by atoms with Gasteiger partial charge in [0.25, 0.3) is 0 Å². The summed E-state index contributed by atoms with van der Waals surface area (Å²) in [5.41, 5.74) is 0.411. The molecule has 0 heterocycles. The lowest BCUT2D eigenvalue weighted by molar-refractivity contribution is -0.0189. The third kappa shape index (κ3) is 3.54. The Kier molecular flexibility index (Phi) is 6.36. The van der Waals surface area contributed by atoms with Crippen LogP contribution in [0.4, 0.5) is 0 Å². The van der Waals surface area contributed by atoms with Crippen molar-refractivity contribution in [3.63, 3.8) is 0 Å². The average Bonchev–Trinajstić information content (AvgIpc) is 2.91. The SMILES string of the molecule is CC[Si](CC)(CC)O[C@H]1CCC[C@]2(C)[C@@H](C(C)CC#N)CC[C@@H]12. The lowest BCUT2D eigenvalue weighted by Crippen LogP contribution is -2.48. The first-order chi connectivity index (χ1) is 11.0. The van der Waals surface area contributed by atoms with E-state index in [1.54, 1.807) is 0 Å². The molecule has 2 aliphatic carbocycles. The van der Waals surface area contributed by atoms with E-state index in [1.165, 1.54) is 50.2 Å². The van der Waals surface area contributed by atoms with Crippen molar-refractivity contribution in [2.45, 2.75) is 97.4 Å². The van der Waals surface area contributed by atoms with Crippen molar-refractivity contribution < 1.29 is 4.43 Å². The molecule has 132 valence electrons. The minimum atomic E-state index is -1.51. The molecule has 2 fully saturated rings. The number of nitriles is 1. The quantitative estimate of drug-likeness (QED) is 0.523. The zero-order valence-corrected chi connectivity index (χ0v) is 17.0. The zero-order valence-electron chi connectivity index (χ0n) is 16.0. The van der Waals surface area contributed by atoms with Gasteiger partial charge in [0, 0.05) is 12.5 Å². The van der Waals surface area contributed by atoms with Gasteiger partial charge in [0.15, 0.2) is 8.32 Å². The van der Waals surface area contributed by atoms with Crippen LogP contribution in [-0.4, -0.2) is 14.4 Å².